The number of hydrogen-bond acceptors (Lipinski definition) is 17. The van der Waals surface area contributed by atoms with Crippen molar-refractivity contribution in [1.82, 2.24) is 39.8 Å². The van der Waals surface area contributed by atoms with E-state index in [9.17, 15) is 52.8 Å². The highest BCUT2D eigenvalue weighted by Gasteiger charge is 2.64. The summed E-state index contributed by atoms with van der Waals surface area (Å²) >= 11 is 0. The Labute approximate surface area is 642 Å². The number of hydrogen-bond donors (Lipinski definition) is 6. The van der Waals surface area contributed by atoms with Crippen LogP contribution in [0.1, 0.15) is 132 Å². The summed E-state index contributed by atoms with van der Waals surface area (Å²) in [6.07, 6.45) is 1.47. The summed E-state index contributed by atoms with van der Waals surface area (Å²) in [5, 5.41) is 12.0. The Bertz CT molecular complexity index is 5150. The lowest BCUT2D eigenvalue weighted by atomic mass is 9.87. The zero-order valence-electron chi connectivity index (χ0n) is 61.0. The maximum absolute atomic E-state index is 15.9. The number of aromatic nitrogens is 2. The average Bonchev–Trinajstić information content (AvgIpc) is 1.57. The van der Waals surface area contributed by atoms with E-state index in [1.807, 2.05) is 48.6 Å². The summed E-state index contributed by atoms with van der Waals surface area (Å²) in [6, 6.07) is 27.0. The van der Waals surface area contributed by atoms with Crippen molar-refractivity contribution in [3.63, 3.8) is 0 Å². The molecule has 5 aromatic carbocycles. The second kappa shape index (κ2) is 30.7. The first-order chi connectivity index (χ1) is 53.6. The number of sulfonamides is 2. The fourth-order valence-corrected chi connectivity index (χ4v) is 18.8. The minimum atomic E-state index is -4.78. The van der Waals surface area contributed by atoms with Gasteiger partial charge in [0.15, 0.2) is 0 Å². The van der Waals surface area contributed by atoms with Gasteiger partial charge in [-0.3, -0.25) is 38.2 Å². The highest BCUT2D eigenvalue weighted by atomic mass is 32.2. The molecule has 11 atom stereocenters. The minimum absolute atomic E-state index is 0.000185. The maximum atomic E-state index is 15.9. The lowest BCUT2D eigenvalue weighted by Gasteiger charge is -2.30. The van der Waals surface area contributed by atoms with Gasteiger partial charge in [-0.15, -0.1) is 0 Å². The van der Waals surface area contributed by atoms with Crippen LogP contribution < -0.4 is 44.9 Å². The van der Waals surface area contributed by atoms with Gasteiger partial charge in [0.1, 0.15) is 59.0 Å². The number of nitrogens with zero attached hydrogens (tertiary/aromatic N) is 4. The molecule has 7 aromatic rings. The van der Waals surface area contributed by atoms with Crippen LogP contribution in [-0.4, -0.2) is 150 Å². The summed E-state index contributed by atoms with van der Waals surface area (Å²) in [7, 11) is -6.76. The first kappa shape index (κ1) is 77.0. The van der Waals surface area contributed by atoms with Gasteiger partial charge in [-0.25, -0.2) is 26.8 Å². The van der Waals surface area contributed by atoms with Gasteiger partial charge in [0.2, 0.25) is 49.6 Å². The van der Waals surface area contributed by atoms with E-state index in [0.717, 1.165) is 29.8 Å². The van der Waals surface area contributed by atoms with Gasteiger partial charge < -0.3 is 45.3 Å². The van der Waals surface area contributed by atoms with Crippen LogP contribution in [-0.2, 0) is 61.2 Å². The van der Waals surface area contributed by atoms with Crippen LogP contribution in [0.5, 0.6) is 17.4 Å². The number of pyridine rings is 2. The Kier molecular flexibility index (Phi) is 21.1. The molecule has 4 aliphatic heterocycles. The SMILES string of the molecule is COc1ccc2c(O[C@@H]3C[C@H]4C(=O)N[C@]5(C(=O)NS(=O)(=O)C6CC6)C[C@H]5/C=C\CC(c5cnc(O[C@@H]6C[C@H]7C(=O)N[C@]8(C(=O)NS(=O)(=O)C9CC9)C[C@H]8/C=C\CCCCC[C@H](Nc8cccc(C(F)(F)F)c8)C(=O)N7C6)c6ccccc56)CCC[C@H](Nc5cccc(C(F)(F)F)c5)C(=O)N4C3)cc(-c3ccccc3)nc2c1. The van der Waals surface area contributed by atoms with Gasteiger partial charge in [-0.05, 0) is 149 Å². The molecule has 6 heterocycles. The van der Waals surface area contributed by atoms with Gasteiger partial charge in [0.25, 0.3) is 11.8 Å². The Balaban J connectivity index is 0.757. The Morgan fingerprint density at radius 1 is 0.571 bits per heavy atom. The van der Waals surface area contributed by atoms with Crippen molar-refractivity contribution in [2.45, 2.75) is 185 Å². The second-order valence-electron chi connectivity index (χ2n) is 30.6. The monoisotopic (exact) mass is 1580 g/mol. The van der Waals surface area contributed by atoms with Gasteiger partial charge in [0, 0.05) is 70.7 Å². The molecule has 1 unspecified atom stereocenters. The molecule has 2 aromatic heterocycles. The number of allylic oxidation sites excluding steroid dienone is 2. The van der Waals surface area contributed by atoms with E-state index in [0.29, 0.717) is 95.8 Å². The topological polar surface area (TPSA) is 303 Å². The molecule has 6 amide bonds. The summed E-state index contributed by atoms with van der Waals surface area (Å²) in [5.41, 5.74) is -3.11. The minimum Gasteiger partial charge on any atom is -0.497 e. The van der Waals surface area contributed by atoms with Crippen molar-refractivity contribution in [3.05, 3.63) is 175 Å². The highest BCUT2D eigenvalue weighted by molar-refractivity contribution is 7.91. The number of halogens is 6. The second-order valence-corrected chi connectivity index (χ2v) is 34.5. The molecule has 4 aliphatic carbocycles. The predicted octanol–water partition coefficient (Wildman–Crippen LogP) is 11.6. The number of anilines is 2. The van der Waals surface area contributed by atoms with E-state index in [1.54, 1.807) is 60.8 Å². The quantitative estimate of drug-likeness (QED) is 0.0365. The van der Waals surface area contributed by atoms with Gasteiger partial charge in [-0.1, -0.05) is 104 Å². The van der Waals surface area contributed by atoms with Crippen LogP contribution in [0, 0.1) is 11.8 Å². The molecule has 31 heteroatoms. The first-order valence-corrected chi connectivity index (χ1v) is 41.0. The third kappa shape index (κ3) is 16.5. The van der Waals surface area contributed by atoms with Crippen molar-refractivity contribution in [1.29, 1.82) is 0 Å². The summed E-state index contributed by atoms with van der Waals surface area (Å²) in [6.45, 7) is -0.495. The number of ether oxygens (including phenoxy) is 3. The van der Waals surface area contributed by atoms with Crippen molar-refractivity contribution in [2.75, 3.05) is 30.8 Å². The van der Waals surface area contributed by atoms with Crippen molar-refractivity contribution < 1.29 is 86.2 Å². The molecule has 23 nitrogen and oxygen atoms in total. The Morgan fingerprint density at radius 2 is 1.12 bits per heavy atom. The van der Waals surface area contributed by atoms with E-state index in [2.05, 4.69) is 30.7 Å². The van der Waals surface area contributed by atoms with Gasteiger partial charge >= 0.3 is 12.4 Å². The number of fused-ring (bicyclic) bond motifs is 6. The van der Waals surface area contributed by atoms with E-state index in [4.69, 9.17) is 24.2 Å². The van der Waals surface area contributed by atoms with E-state index in [1.165, 1.54) is 41.2 Å². The lowest BCUT2D eigenvalue weighted by Crippen LogP contribution is -2.57. The number of amides is 6. The molecule has 2 saturated heterocycles. The molecule has 590 valence electrons. The first-order valence-electron chi connectivity index (χ1n) is 37.9. The standard InChI is InChI=1S/C81H84F6N10O13S2/c1-108-55-30-35-62-67(38-55)91-66(48-16-6-5-7-17-48)41-70(62)109-56-39-68-71(98)93-79(77(103)95-112(106,107)59-33-34-59)43-52(79)23-12-18-47(19-13-29-65(75(101)96(68)45-56)90-54-25-15-22-50(37-54)81(85,86)87)63-44-88-73(61-27-11-10-26-60(61)63)110-57-40-69-72(99)92-78(76(102)94-111(104,105)58-31-32-58)42-51(78)20-8-3-2-4-9-28-64(74(100)97(69)46-57)89-53-24-14-21-49(36-53)80(82,83)84/h5-8,10-12,14-17,20-27,30,35-38,41,44,47,51-52,56-59,64-65,68-69,89-90H,2-4,9,13,18-19,28-29,31-34,39-40,42-43,45-46H2,1H3,(H,92,99)(H,93,98)(H,94,102)(H,95,103)/b20-8-,23-12-/t47?,51-,52-,56-,57-,64+,65+,68+,69+,78-,79-/m1/s1. The van der Waals surface area contributed by atoms with E-state index >= 15 is 19.2 Å². The molecule has 0 bridgehead atoms. The molecule has 112 heavy (non-hydrogen) atoms. The van der Waals surface area contributed by atoms with E-state index < -0.39 is 155 Å². The average molecular weight is 1580 g/mol. The largest absolute Gasteiger partial charge is 0.497 e. The Morgan fingerprint density at radius 3 is 1.68 bits per heavy atom. The van der Waals surface area contributed by atoms with Crippen LogP contribution in [0.25, 0.3) is 32.9 Å². The van der Waals surface area contributed by atoms with E-state index in [-0.39, 0.29) is 88.1 Å². The fraction of sp³-hybridized carbons (Fsp3) is 0.432. The molecule has 0 spiro atoms. The van der Waals surface area contributed by atoms with Crippen LogP contribution >= 0.6 is 0 Å². The maximum Gasteiger partial charge on any atom is 0.416 e. The molecule has 6 N–H and O–H groups in total. The summed E-state index contributed by atoms with van der Waals surface area (Å²) < 4.78 is 163. The van der Waals surface area contributed by atoms with Crippen LogP contribution in [0.15, 0.2) is 158 Å². The number of rotatable bonds is 17. The highest BCUT2D eigenvalue weighted by Crippen LogP contribution is 2.49. The van der Waals surface area contributed by atoms with Crippen molar-refractivity contribution in [2.24, 2.45) is 11.8 Å². The molecule has 4 saturated carbocycles. The molecular weight excluding hydrogens is 1500 g/mol. The molecule has 6 fully saturated rings. The van der Waals surface area contributed by atoms with Crippen molar-refractivity contribution in [3.8, 4) is 28.6 Å². The fourth-order valence-electron chi connectivity index (χ4n) is 16.1. The molecule has 0 radical (unpaired) electrons. The number of carbonyl (C=O) groups is 6. The normalized spacial score (nSPS) is 27.4. The third-order valence-electron chi connectivity index (χ3n) is 22.7. The number of benzene rings is 5. The lowest BCUT2D eigenvalue weighted by molar-refractivity contribution is -0.140. The number of alkyl halides is 6. The zero-order chi connectivity index (χ0) is 78.7. The van der Waals surface area contributed by atoms with Gasteiger partial charge in [-0.2, -0.15) is 26.3 Å². The molecule has 15 rings (SSSR count). The number of methoxy groups -OCH3 is 1. The number of nitrogens with one attached hydrogen (secondary N) is 6. The molecular formula is C81H84F6N10O13S2. The Hall–Kier alpha value is -10.3. The predicted molar refractivity (Wildman–Crippen MR) is 403 cm³/mol. The molecule has 8 aliphatic rings. The summed E-state index contributed by atoms with van der Waals surface area (Å²) in [5.74, 6) is -5.82. The smallest absolute Gasteiger partial charge is 0.416 e. The number of carbonyl (C=O) groups excluding carboxylic acids is 6. The van der Waals surface area contributed by atoms with Crippen LogP contribution in [0.2, 0.25) is 0 Å². The third-order valence-corrected chi connectivity index (χ3v) is 26.3. The van der Waals surface area contributed by atoms with Crippen LogP contribution in [0.3, 0.4) is 0 Å². The van der Waals surface area contributed by atoms with Gasteiger partial charge in [0.05, 0.1) is 53.0 Å². The summed E-state index contributed by atoms with van der Waals surface area (Å²) in [4.78, 5) is 103. The zero-order valence-corrected chi connectivity index (χ0v) is 62.6. The van der Waals surface area contributed by atoms with Crippen LogP contribution in [0.4, 0.5) is 37.7 Å². The van der Waals surface area contributed by atoms with Crippen molar-refractivity contribution >= 4 is 88.5 Å².